The van der Waals surface area contributed by atoms with E-state index in [2.05, 4.69) is 5.32 Å². The largest absolute Gasteiger partial charge is 0.417 e. The molecule has 1 heterocycles. The maximum atomic E-state index is 14.0. The molecule has 2 saturated carbocycles. The first-order valence-corrected chi connectivity index (χ1v) is 12.5. The lowest BCUT2D eigenvalue weighted by Crippen LogP contribution is -2.58. The van der Waals surface area contributed by atoms with Crippen LogP contribution in [0.1, 0.15) is 36.0 Å². The number of nitriles is 1. The molecule has 1 aliphatic heterocycles. The summed E-state index contributed by atoms with van der Waals surface area (Å²) in [4.78, 5) is 13.6. The Labute approximate surface area is 195 Å². The molecule has 2 aromatic carbocycles. The Balaban J connectivity index is 1.54. The summed E-state index contributed by atoms with van der Waals surface area (Å²) in [6.45, 7) is 0.113. The monoisotopic (exact) mass is 489 g/mol. The van der Waals surface area contributed by atoms with Gasteiger partial charge in [-0.2, -0.15) is 18.4 Å². The first-order valence-electron chi connectivity index (χ1n) is 11.1. The number of sulfonamides is 1. The zero-order valence-corrected chi connectivity index (χ0v) is 18.9. The van der Waals surface area contributed by atoms with Crippen molar-refractivity contribution in [1.29, 1.82) is 5.26 Å². The zero-order valence-electron chi connectivity index (χ0n) is 18.0. The molecule has 3 fully saturated rings. The average Bonchev–Trinajstić information content (AvgIpc) is 3.47. The maximum absolute atomic E-state index is 14.0. The van der Waals surface area contributed by atoms with E-state index < -0.39 is 43.9 Å². The minimum absolute atomic E-state index is 0.0210. The summed E-state index contributed by atoms with van der Waals surface area (Å²) in [5.74, 6) is -1.45. The molecule has 2 aliphatic carbocycles. The van der Waals surface area contributed by atoms with Crippen molar-refractivity contribution in [3.63, 3.8) is 0 Å². The molecule has 34 heavy (non-hydrogen) atoms. The Morgan fingerprint density at radius 3 is 2.59 bits per heavy atom. The summed E-state index contributed by atoms with van der Waals surface area (Å²) < 4.78 is 67.8. The second kappa shape index (κ2) is 7.73. The third kappa shape index (κ3) is 3.13. The van der Waals surface area contributed by atoms with Gasteiger partial charge in [0.2, 0.25) is 5.91 Å². The fraction of sp³-hybridized carbons (Fsp3) is 0.417. The Bertz CT molecular complexity index is 1290. The van der Waals surface area contributed by atoms with Crippen LogP contribution in [0, 0.1) is 29.1 Å². The van der Waals surface area contributed by atoms with E-state index in [0.29, 0.717) is 18.9 Å². The molecule has 0 aromatic heterocycles. The van der Waals surface area contributed by atoms with Crippen molar-refractivity contribution in [1.82, 2.24) is 5.32 Å². The smallest absolute Gasteiger partial charge is 0.351 e. The quantitative estimate of drug-likeness (QED) is 0.707. The Morgan fingerprint density at radius 2 is 1.91 bits per heavy atom. The van der Waals surface area contributed by atoms with E-state index in [9.17, 15) is 26.4 Å². The van der Waals surface area contributed by atoms with Crippen LogP contribution >= 0.6 is 0 Å². The molecule has 178 valence electrons. The molecule has 2 bridgehead atoms. The summed E-state index contributed by atoms with van der Waals surface area (Å²) in [7, 11) is -4.32. The number of nitrogens with one attached hydrogen (secondary N) is 1. The minimum atomic E-state index is -4.82. The second-order valence-electron chi connectivity index (χ2n) is 9.21. The van der Waals surface area contributed by atoms with E-state index in [1.54, 1.807) is 0 Å². The lowest BCUT2D eigenvalue weighted by Gasteiger charge is -2.35. The predicted octanol–water partition coefficient (Wildman–Crippen LogP) is 3.83. The van der Waals surface area contributed by atoms with Crippen LogP contribution in [0.15, 0.2) is 48.5 Å². The first-order chi connectivity index (χ1) is 16.1. The van der Waals surface area contributed by atoms with Gasteiger partial charge in [-0.15, -0.1) is 0 Å². The number of alkyl halides is 3. The normalized spacial score (nSPS) is 29.0. The molecule has 6 nitrogen and oxygen atoms in total. The fourth-order valence-corrected chi connectivity index (χ4v) is 8.92. The van der Waals surface area contributed by atoms with Gasteiger partial charge in [0.05, 0.1) is 22.9 Å². The summed E-state index contributed by atoms with van der Waals surface area (Å²) >= 11 is 0. The standard InChI is InChI=1S/C24H22F3N3O3S/c25-24(26,27)20-11-19(9-7-17(20)12-28)30-14-21-16-6-8-18(10-16)23(21,34(30,32)33)22(31)29-13-15-4-2-1-3-5-15/h1-5,7,9,11,16,18,21H,6,8,10,13-14H2,(H,29,31)/t16-,18+,21-,23+/m0/s1. The number of hydrogen-bond donors (Lipinski definition) is 1. The van der Waals surface area contributed by atoms with Gasteiger partial charge in [-0.05, 0) is 54.9 Å². The summed E-state index contributed by atoms with van der Waals surface area (Å²) in [6.07, 6.45) is -2.80. The van der Waals surface area contributed by atoms with Gasteiger partial charge in [0.1, 0.15) is 0 Å². The number of carbonyl (C=O) groups excluding carboxylic acids is 1. The highest BCUT2D eigenvalue weighted by Gasteiger charge is 2.74. The SMILES string of the molecule is N#Cc1ccc(N2C[C@H]3[C@H]4CC[C@H](C4)[C@@]3(C(=O)NCc3ccccc3)S2(=O)=O)cc1C(F)(F)F. The third-order valence-corrected chi connectivity index (χ3v) is 10.3. The molecule has 0 radical (unpaired) electrons. The molecule has 1 amide bonds. The van der Waals surface area contributed by atoms with Gasteiger partial charge in [0, 0.05) is 19.0 Å². The van der Waals surface area contributed by atoms with Crippen LogP contribution in [-0.2, 0) is 27.5 Å². The van der Waals surface area contributed by atoms with Crippen molar-refractivity contribution in [3.8, 4) is 6.07 Å². The van der Waals surface area contributed by atoms with Crippen molar-refractivity contribution in [2.24, 2.45) is 17.8 Å². The summed E-state index contributed by atoms with van der Waals surface area (Å²) in [6, 6.07) is 13.5. The van der Waals surface area contributed by atoms with E-state index in [1.807, 2.05) is 30.3 Å². The van der Waals surface area contributed by atoms with Crippen molar-refractivity contribution < 1.29 is 26.4 Å². The Hall–Kier alpha value is -3.06. The van der Waals surface area contributed by atoms with Gasteiger partial charge in [-0.25, -0.2) is 8.42 Å². The first kappa shape index (κ1) is 22.7. The van der Waals surface area contributed by atoms with Crippen molar-refractivity contribution in [2.75, 3.05) is 10.8 Å². The number of nitrogens with zero attached hydrogens (tertiary/aromatic N) is 2. The highest BCUT2D eigenvalue weighted by Crippen LogP contribution is 2.62. The molecule has 1 saturated heterocycles. The van der Waals surface area contributed by atoms with Crippen molar-refractivity contribution >= 4 is 21.6 Å². The third-order valence-electron chi connectivity index (χ3n) is 7.65. The van der Waals surface area contributed by atoms with Crippen LogP contribution in [0.3, 0.4) is 0 Å². The number of rotatable bonds is 4. The topological polar surface area (TPSA) is 90.3 Å². The van der Waals surface area contributed by atoms with Crippen LogP contribution in [0.4, 0.5) is 18.9 Å². The van der Waals surface area contributed by atoms with Crippen LogP contribution < -0.4 is 9.62 Å². The highest BCUT2D eigenvalue weighted by molar-refractivity contribution is 7.95. The summed E-state index contributed by atoms with van der Waals surface area (Å²) in [5, 5.41) is 11.9. The lowest BCUT2D eigenvalue weighted by molar-refractivity contribution is -0.137. The van der Waals surface area contributed by atoms with E-state index in [-0.39, 0.29) is 30.6 Å². The number of halogens is 3. The van der Waals surface area contributed by atoms with Crippen molar-refractivity contribution in [2.45, 2.75) is 36.7 Å². The van der Waals surface area contributed by atoms with Crippen LogP contribution in [0.2, 0.25) is 0 Å². The van der Waals surface area contributed by atoms with E-state index in [1.165, 1.54) is 12.1 Å². The minimum Gasteiger partial charge on any atom is -0.351 e. The van der Waals surface area contributed by atoms with Gasteiger partial charge < -0.3 is 5.32 Å². The predicted molar refractivity (Wildman–Crippen MR) is 118 cm³/mol. The number of hydrogen-bond acceptors (Lipinski definition) is 4. The molecule has 4 atom stereocenters. The molecule has 0 spiro atoms. The fourth-order valence-electron chi connectivity index (χ4n) is 6.22. The van der Waals surface area contributed by atoms with Gasteiger partial charge in [-0.1, -0.05) is 30.3 Å². The number of anilines is 1. The molecular weight excluding hydrogens is 467 g/mol. The molecule has 5 rings (SSSR count). The van der Waals surface area contributed by atoms with Gasteiger partial charge in [-0.3, -0.25) is 9.10 Å². The number of benzene rings is 2. The van der Waals surface area contributed by atoms with E-state index in [0.717, 1.165) is 22.4 Å². The highest BCUT2D eigenvalue weighted by atomic mass is 32.2. The molecule has 0 unspecified atom stereocenters. The zero-order chi connectivity index (χ0) is 24.3. The van der Waals surface area contributed by atoms with E-state index >= 15 is 0 Å². The second-order valence-corrected chi connectivity index (χ2v) is 11.3. The molecule has 1 N–H and O–H groups in total. The van der Waals surface area contributed by atoms with E-state index in [4.69, 9.17) is 5.26 Å². The number of amides is 1. The maximum Gasteiger partial charge on any atom is 0.417 e. The molecule has 10 heteroatoms. The van der Waals surface area contributed by atoms with Crippen molar-refractivity contribution in [3.05, 3.63) is 65.2 Å². The van der Waals surface area contributed by atoms with Crippen LogP contribution in [-0.4, -0.2) is 25.6 Å². The average molecular weight is 490 g/mol. The van der Waals surface area contributed by atoms with Gasteiger partial charge >= 0.3 is 6.18 Å². The molecule has 2 aromatic rings. The van der Waals surface area contributed by atoms with Crippen LogP contribution in [0.5, 0.6) is 0 Å². The van der Waals surface area contributed by atoms with Crippen LogP contribution in [0.25, 0.3) is 0 Å². The number of fused-ring (bicyclic) bond motifs is 5. The molecular formula is C24H22F3N3O3S. The van der Waals surface area contributed by atoms with Gasteiger partial charge in [0.15, 0.2) is 4.75 Å². The molecule has 3 aliphatic rings. The summed E-state index contributed by atoms with van der Waals surface area (Å²) in [5.41, 5.74) is -1.12. The van der Waals surface area contributed by atoms with Gasteiger partial charge in [0.25, 0.3) is 10.0 Å². The Morgan fingerprint density at radius 1 is 1.18 bits per heavy atom. The lowest BCUT2D eigenvalue weighted by atomic mass is 9.77. The number of carbonyl (C=O) groups is 1. The Kier molecular flexibility index (Phi) is 5.17.